The molecule has 23 heavy (non-hydrogen) atoms. The van der Waals surface area contributed by atoms with Crippen molar-refractivity contribution in [3.8, 4) is 5.75 Å². The van der Waals surface area contributed by atoms with Crippen molar-refractivity contribution in [3.63, 3.8) is 0 Å². The Balaban J connectivity index is 2.69. The summed E-state index contributed by atoms with van der Waals surface area (Å²) in [7, 11) is 1.18. The molecule has 1 heterocycles. The number of phenols is 1. The summed E-state index contributed by atoms with van der Waals surface area (Å²) in [4.78, 5) is 34.9. The number of rotatable bonds is 5. The van der Waals surface area contributed by atoms with Gasteiger partial charge in [-0.1, -0.05) is 0 Å². The van der Waals surface area contributed by atoms with Crippen molar-refractivity contribution in [1.29, 1.82) is 0 Å². The molecule has 0 atom stereocenters. The third-order valence-electron chi connectivity index (χ3n) is 3.41. The highest BCUT2D eigenvalue weighted by molar-refractivity contribution is 5.85. The fraction of sp³-hybridized carbons (Fsp3) is 0.312. The number of aliphatic carboxylic acids is 1. The lowest BCUT2D eigenvalue weighted by atomic mass is 10.0. The second kappa shape index (κ2) is 6.51. The van der Waals surface area contributed by atoms with Gasteiger partial charge in [-0.05, 0) is 24.6 Å². The lowest BCUT2D eigenvalue weighted by Crippen LogP contribution is -2.18. The van der Waals surface area contributed by atoms with E-state index in [0.29, 0.717) is 5.56 Å². The topological polar surface area (TPSA) is 114 Å². The maximum atomic E-state index is 12.6. The first-order chi connectivity index (χ1) is 10.8. The highest BCUT2D eigenvalue weighted by Gasteiger charge is 2.20. The summed E-state index contributed by atoms with van der Waals surface area (Å²) >= 11 is 0. The highest BCUT2D eigenvalue weighted by atomic mass is 16.5. The van der Waals surface area contributed by atoms with Gasteiger partial charge in [0.05, 0.1) is 20.0 Å². The molecule has 2 rings (SSSR count). The summed E-state index contributed by atoms with van der Waals surface area (Å²) in [5.74, 6) is -1.84. The number of esters is 1. The molecule has 0 spiro atoms. The number of hydrogen-bond acceptors (Lipinski definition) is 6. The largest absolute Gasteiger partial charge is 0.507 e. The van der Waals surface area contributed by atoms with Gasteiger partial charge in [0, 0.05) is 12.0 Å². The van der Waals surface area contributed by atoms with Gasteiger partial charge in [-0.2, -0.15) is 0 Å². The van der Waals surface area contributed by atoms with E-state index in [-0.39, 0.29) is 47.3 Å². The number of ether oxygens (including phenoxy) is 1. The zero-order chi connectivity index (χ0) is 17.1. The van der Waals surface area contributed by atoms with Crippen LogP contribution < -0.4 is 5.43 Å². The van der Waals surface area contributed by atoms with Crippen molar-refractivity contribution < 1.29 is 29.0 Å². The number of carbonyl (C=O) groups is 2. The molecular formula is C16H16O7. The number of aryl methyl sites for hydroxylation is 2. The zero-order valence-corrected chi connectivity index (χ0v) is 12.7. The van der Waals surface area contributed by atoms with E-state index in [9.17, 15) is 19.5 Å². The van der Waals surface area contributed by atoms with E-state index in [4.69, 9.17) is 9.52 Å². The van der Waals surface area contributed by atoms with Crippen molar-refractivity contribution in [3.05, 3.63) is 39.2 Å². The Hall–Kier alpha value is -2.83. The summed E-state index contributed by atoms with van der Waals surface area (Å²) in [6.45, 7) is 1.72. The molecule has 0 amide bonds. The standard InChI is InChI=1S/C16H16O7/c1-8-5-10(17)15-12(6-8)23-11(3-4-13(18)19)9(16(15)21)7-14(20)22-2/h5-6,17H,3-4,7H2,1-2H3,(H,18,19). The fourth-order valence-corrected chi connectivity index (χ4v) is 2.33. The van der Waals surface area contributed by atoms with Gasteiger partial charge in [0.25, 0.3) is 0 Å². The molecule has 7 heteroatoms. The maximum Gasteiger partial charge on any atom is 0.310 e. The van der Waals surface area contributed by atoms with Crippen LogP contribution in [0.25, 0.3) is 11.0 Å². The van der Waals surface area contributed by atoms with Crippen LogP contribution in [-0.2, 0) is 27.2 Å². The molecule has 1 aromatic carbocycles. The summed E-state index contributed by atoms with van der Waals surface area (Å²) in [6.07, 6.45) is -0.640. The van der Waals surface area contributed by atoms with Gasteiger partial charge in [0.2, 0.25) is 0 Å². The molecule has 7 nitrogen and oxygen atoms in total. The highest BCUT2D eigenvalue weighted by Crippen LogP contribution is 2.26. The van der Waals surface area contributed by atoms with Crippen LogP contribution in [-0.4, -0.2) is 29.3 Å². The first-order valence-corrected chi connectivity index (χ1v) is 6.90. The monoisotopic (exact) mass is 320 g/mol. The van der Waals surface area contributed by atoms with Crippen LogP contribution in [0.1, 0.15) is 23.3 Å². The Kier molecular flexibility index (Phi) is 4.68. The van der Waals surface area contributed by atoms with Crippen molar-refractivity contribution in [2.24, 2.45) is 0 Å². The molecule has 0 radical (unpaired) electrons. The minimum absolute atomic E-state index is 0.00440. The van der Waals surface area contributed by atoms with E-state index in [1.807, 2.05) is 0 Å². The Bertz CT molecular complexity index is 832. The molecule has 0 aliphatic heterocycles. The smallest absolute Gasteiger partial charge is 0.310 e. The Morgan fingerprint density at radius 2 is 2.00 bits per heavy atom. The number of benzene rings is 1. The first-order valence-electron chi connectivity index (χ1n) is 6.90. The first kappa shape index (κ1) is 16.5. The van der Waals surface area contributed by atoms with E-state index in [2.05, 4.69) is 4.74 Å². The minimum atomic E-state index is -1.05. The Morgan fingerprint density at radius 1 is 1.30 bits per heavy atom. The van der Waals surface area contributed by atoms with E-state index in [1.54, 1.807) is 13.0 Å². The number of phenolic OH excluding ortho intramolecular Hbond substituents is 1. The van der Waals surface area contributed by atoms with Crippen LogP contribution >= 0.6 is 0 Å². The molecule has 2 N–H and O–H groups in total. The summed E-state index contributed by atoms with van der Waals surface area (Å²) in [5, 5.41) is 18.8. The zero-order valence-electron chi connectivity index (χ0n) is 12.7. The second-order valence-electron chi connectivity index (χ2n) is 5.14. The lowest BCUT2D eigenvalue weighted by Gasteiger charge is -2.10. The lowest BCUT2D eigenvalue weighted by molar-refractivity contribution is -0.140. The van der Waals surface area contributed by atoms with Gasteiger partial charge in [-0.25, -0.2) is 0 Å². The molecule has 122 valence electrons. The summed E-state index contributed by atoms with van der Waals surface area (Å²) in [5.41, 5.74) is 0.281. The van der Waals surface area contributed by atoms with Crippen LogP contribution in [0.2, 0.25) is 0 Å². The molecule has 0 saturated carbocycles. The van der Waals surface area contributed by atoms with E-state index in [1.165, 1.54) is 13.2 Å². The number of aromatic hydroxyl groups is 1. The molecule has 0 aliphatic carbocycles. The summed E-state index contributed by atoms with van der Waals surface area (Å²) < 4.78 is 10.2. The van der Waals surface area contributed by atoms with Crippen LogP contribution in [0, 0.1) is 6.92 Å². The molecule has 2 aromatic rings. The van der Waals surface area contributed by atoms with E-state index < -0.39 is 17.4 Å². The Morgan fingerprint density at radius 3 is 2.61 bits per heavy atom. The third kappa shape index (κ3) is 3.50. The van der Waals surface area contributed by atoms with Crippen LogP contribution in [0.4, 0.5) is 0 Å². The van der Waals surface area contributed by atoms with Crippen molar-refractivity contribution in [1.82, 2.24) is 0 Å². The van der Waals surface area contributed by atoms with Crippen molar-refractivity contribution in [2.45, 2.75) is 26.2 Å². The van der Waals surface area contributed by atoms with Gasteiger partial charge < -0.3 is 19.4 Å². The Labute approximate surface area is 131 Å². The van der Waals surface area contributed by atoms with Crippen molar-refractivity contribution in [2.75, 3.05) is 7.11 Å². The quantitative estimate of drug-likeness (QED) is 0.803. The molecule has 0 aliphatic rings. The van der Waals surface area contributed by atoms with Gasteiger partial charge >= 0.3 is 11.9 Å². The predicted octanol–water partition coefficient (Wildman–Crippen LogP) is 1.54. The summed E-state index contributed by atoms with van der Waals surface area (Å²) in [6, 6.07) is 2.99. The number of methoxy groups -OCH3 is 1. The molecule has 0 saturated heterocycles. The third-order valence-corrected chi connectivity index (χ3v) is 3.41. The SMILES string of the molecule is COC(=O)Cc1c(CCC(=O)O)oc2cc(C)cc(O)c2c1=O. The number of carbonyl (C=O) groups excluding carboxylic acids is 1. The van der Waals surface area contributed by atoms with Crippen LogP contribution in [0.5, 0.6) is 5.75 Å². The van der Waals surface area contributed by atoms with E-state index in [0.717, 1.165) is 0 Å². The average Bonchev–Trinajstić information content (AvgIpc) is 2.47. The van der Waals surface area contributed by atoms with Crippen molar-refractivity contribution >= 4 is 22.9 Å². The molecule has 1 aromatic heterocycles. The minimum Gasteiger partial charge on any atom is -0.507 e. The van der Waals surface area contributed by atoms with Gasteiger partial charge in [0.15, 0.2) is 5.43 Å². The van der Waals surface area contributed by atoms with Gasteiger partial charge in [0.1, 0.15) is 22.5 Å². The van der Waals surface area contributed by atoms with Gasteiger partial charge in [-0.3, -0.25) is 14.4 Å². The molecule has 0 fully saturated rings. The average molecular weight is 320 g/mol. The second-order valence-corrected chi connectivity index (χ2v) is 5.14. The fourth-order valence-electron chi connectivity index (χ4n) is 2.33. The molecule has 0 unspecified atom stereocenters. The number of carboxylic acid groups (broad SMARTS) is 1. The molecular weight excluding hydrogens is 304 g/mol. The van der Waals surface area contributed by atoms with E-state index >= 15 is 0 Å². The van der Waals surface area contributed by atoms with Crippen LogP contribution in [0.3, 0.4) is 0 Å². The maximum absolute atomic E-state index is 12.6. The number of fused-ring (bicyclic) bond motifs is 1. The predicted molar refractivity (Wildman–Crippen MR) is 80.6 cm³/mol. The number of carboxylic acids is 1. The van der Waals surface area contributed by atoms with Gasteiger partial charge in [-0.15, -0.1) is 0 Å². The van der Waals surface area contributed by atoms with Crippen LogP contribution in [0.15, 0.2) is 21.3 Å². The normalized spacial score (nSPS) is 10.7. The molecule has 0 bridgehead atoms. The number of hydrogen-bond donors (Lipinski definition) is 2.